The zero-order chi connectivity index (χ0) is 17.0. The number of guanidine groups is 1. The van der Waals surface area contributed by atoms with Crippen LogP contribution in [0, 0.1) is 0 Å². The summed E-state index contributed by atoms with van der Waals surface area (Å²) < 4.78 is 38.2. The molecule has 1 amide bonds. The minimum Gasteiger partial charge on any atom is -0.356 e. The van der Waals surface area contributed by atoms with E-state index in [0.717, 1.165) is 0 Å². The van der Waals surface area contributed by atoms with Crippen molar-refractivity contribution < 1.29 is 18.0 Å². The third kappa shape index (κ3) is 5.53. The van der Waals surface area contributed by atoms with Crippen molar-refractivity contribution in [2.75, 3.05) is 38.1 Å². The summed E-state index contributed by atoms with van der Waals surface area (Å²) in [5, 5.41) is 6.67. The summed E-state index contributed by atoms with van der Waals surface area (Å²) in [7, 11) is 3.24. The Balaban J connectivity index is 0.00000288. The first kappa shape index (κ1) is 20.5. The molecule has 0 atom stereocenters. The molecule has 1 aliphatic heterocycles. The van der Waals surface area contributed by atoms with Gasteiger partial charge < -0.3 is 15.1 Å². The zero-order valence-electron chi connectivity index (χ0n) is 13.4. The lowest BCUT2D eigenvalue weighted by molar-refractivity contribution is -0.133. The highest BCUT2D eigenvalue weighted by Gasteiger charge is 2.29. The second kappa shape index (κ2) is 8.53. The minimum atomic E-state index is -4.22. The Morgan fingerprint density at radius 2 is 2.12 bits per heavy atom. The number of amides is 1. The van der Waals surface area contributed by atoms with Crippen LogP contribution in [0.5, 0.6) is 0 Å². The maximum absolute atomic E-state index is 12.3. The van der Waals surface area contributed by atoms with Gasteiger partial charge in [-0.2, -0.15) is 18.3 Å². The normalized spacial score (nSPS) is 16.2. The Bertz CT molecular complexity index is 589. The van der Waals surface area contributed by atoms with Crippen LogP contribution < -0.4 is 10.2 Å². The number of nitrogens with one attached hydrogen (secondary N) is 1. The van der Waals surface area contributed by atoms with E-state index < -0.39 is 12.6 Å². The fourth-order valence-electron chi connectivity index (χ4n) is 2.32. The minimum absolute atomic E-state index is 0. The summed E-state index contributed by atoms with van der Waals surface area (Å²) in [6, 6.07) is 0. The maximum atomic E-state index is 12.3. The topological polar surface area (TPSA) is 65.8 Å². The Hall–Kier alpha value is -1.53. The highest BCUT2D eigenvalue weighted by molar-refractivity contribution is 14.0. The van der Waals surface area contributed by atoms with Gasteiger partial charge in [0, 0.05) is 39.9 Å². The molecule has 11 heteroatoms. The van der Waals surface area contributed by atoms with Crippen LogP contribution in [-0.4, -0.2) is 66.0 Å². The van der Waals surface area contributed by atoms with E-state index in [1.54, 1.807) is 33.9 Å². The van der Waals surface area contributed by atoms with Gasteiger partial charge >= 0.3 is 6.18 Å². The molecular formula is C13H20F3IN6O. The number of aliphatic imine (C=N–C) groups is 1. The molecule has 1 N–H and O–H groups in total. The fraction of sp³-hybridized carbons (Fsp3) is 0.615. The molecule has 2 rings (SSSR count). The van der Waals surface area contributed by atoms with E-state index in [0.29, 0.717) is 24.7 Å². The molecule has 24 heavy (non-hydrogen) atoms. The lowest BCUT2D eigenvalue weighted by Gasteiger charge is -2.35. The second-order valence-electron chi connectivity index (χ2n) is 5.18. The van der Waals surface area contributed by atoms with Crippen LogP contribution >= 0.6 is 24.0 Å². The van der Waals surface area contributed by atoms with E-state index in [4.69, 9.17) is 0 Å². The van der Waals surface area contributed by atoms with E-state index in [-0.39, 0.29) is 43.0 Å². The molecular weight excluding hydrogens is 440 g/mol. The van der Waals surface area contributed by atoms with Crippen LogP contribution in [-0.2, 0) is 11.8 Å². The number of halogens is 4. The van der Waals surface area contributed by atoms with Crippen LogP contribution in [0.3, 0.4) is 0 Å². The molecule has 1 aromatic heterocycles. The number of hydrogen-bond acceptors (Lipinski definition) is 3. The van der Waals surface area contributed by atoms with E-state index in [1.807, 2.05) is 0 Å². The SMILES string of the molecule is CN=C(NCCC(F)(F)F)N1CCN(c2cnn(C)c2)C(=O)C1.I. The number of alkyl halides is 3. The van der Waals surface area contributed by atoms with Gasteiger partial charge in [-0.05, 0) is 0 Å². The van der Waals surface area contributed by atoms with Crippen LogP contribution in [0.15, 0.2) is 17.4 Å². The van der Waals surface area contributed by atoms with Crippen molar-refractivity contribution >= 4 is 41.5 Å². The van der Waals surface area contributed by atoms with Crippen molar-refractivity contribution in [1.29, 1.82) is 0 Å². The quantitative estimate of drug-likeness (QED) is 0.419. The van der Waals surface area contributed by atoms with Crippen molar-refractivity contribution in [3.63, 3.8) is 0 Å². The van der Waals surface area contributed by atoms with Gasteiger partial charge in [-0.25, -0.2) is 0 Å². The summed E-state index contributed by atoms with van der Waals surface area (Å²) in [4.78, 5) is 19.4. The number of piperazine rings is 1. The monoisotopic (exact) mass is 460 g/mol. The number of nitrogens with zero attached hydrogens (tertiary/aromatic N) is 5. The standard InChI is InChI=1S/C13H19F3N6O.HI/c1-17-12(18-4-3-13(14,15)16)21-5-6-22(11(23)9-21)10-7-19-20(2)8-10;/h7-8H,3-6,9H2,1-2H3,(H,17,18);1H. The molecule has 1 aliphatic rings. The summed E-state index contributed by atoms with van der Waals surface area (Å²) in [5.74, 6) is 0.149. The molecule has 1 fully saturated rings. The maximum Gasteiger partial charge on any atom is 0.390 e. The molecule has 0 saturated carbocycles. The van der Waals surface area contributed by atoms with Gasteiger partial charge in [-0.1, -0.05) is 0 Å². The highest BCUT2D eigenvalue weighted by Crippen LogP contribution is 2.18. The van der Waals surface area contributed by atoms with Crippen LogP contribution in [0.1, 0.15) is 6.42 Å². The van der Waals surface area contributed by atoms with Crippen molar-refractivity contribution in [2.45, 2.75) is 12.6 Å². The Morgan fingerprint density at radius 1 is 1.42 bits per heavy atom. The van der Waals surface area contributed by atoms with Crippen LogP contribution in [0.25, 0.3) is 0 Å². The van der Waals surface area contributed by atoms with Crippen molar-refractivity contribution in [1.82, 2.24) is 20.0 Å². The fourth-order valence-corrected chi connectivity index (χ4v) is 2.32. The van der Waals surface area contributed by atoms with Gasteiger partial charge in [0.15, 0.2) is 5.96 Å². The molecule has 0 spiro atoms. The zero-order valence-corrected chi connectivity index (χ0v) is 15.7. The van der Waals surface area contributed by atoms with Gasteiger partial charge in [0.2, 0.25) is 5.91 Å². The average Bonchev–Trinajstić information content (AvgIpc) is 2.88. The number of aromatic nitrogens is 2. The van der Waals surface area contributed by atoms with Gasteiger partial charge in [-0.15, -0.1) is 24.0 Å². The average molecular weight is 460 g/mol. The van der Waals surface area contributed by atoms with Crippen LogP contribution in [0.4, 0.5) is 18.9 Å². The Labute approximate surface area is 154 Å². The van der Waals surface area contributed by atoms with Crippen molar-refractivity contribution in [3.8, 4) is 0 Å². The Kier molecular flexibility index (Phi) is 7.29. The molecule has 0 unspecified atom stereocenters. The predicted molar refractivity (Wildman–Crippen MR) is 94.6 cm³/mol. The van der Waals surface area contributed by atoms with Crippen molar-refractivity contribution in [3.05, 3.63) is 12.4 Å². The second-order valence-corrected chi connectivity index (χ2v) is 5.18. The van der Waals surface area contributed by atoms with E-state index >= 15 is 0 Å². The first-order valence-electron chi connectivity index (χ1n) is 7.11. The van der Waals surface area contributed by atoms with Crippen LogP contribution in [0.2, 0.25) is 0 Å². The van der Waals surface area contributed by atoms with Gasteiger partial charge in [0.25, 0.3) is 0 Å². The number of rotatable bonds is 3. The molecule has 0 radical (unpaired) electrons. The molecule has 0 aliphatic carbocycles. The van der Waals surface area contributed by atoms with E-state index in [9.17, 15) is 18.0 Å². The molecule has 0 bridgehead atoms. The molecule has 1 aromatic rings. The lowest BCUT2D eigenvalue weighted by Crippen LogP contribution is -2.55. The van der Waals surface area contributed by atoms with Gasteiger partial charge in [-0.3, -0.25) is 14.5 Å². The molecule has 7 nitrogen and oxygen atoms in total. The highest BCUT2D eigenvalue weighted by atomic mass is 127. The summed E-state index contributed by atoms with van der Waals surface area (Å²) in [6.07, 6.45) is -1.83. The number of hydrogen-bond donors (Lipinski definition) is 1. The first-order chi connectivity index (χ1) is 10.8. The largest absolute Gasteiger partial charge is 0.390 e. The van der Waals surface area contributed by atoms with Crippen molar-refractivity contribution in [2.24, 2.45) is 12.0 Å². The number of aryl methyl sites for hydroxylation is 1. The summed E-state index contributed by atoms with van der Waals surface area (Å²) >= 11 is 0. The predicted octanol–water partition coefficient (Wildman–Crippen LogP) is 1.21. The molecule has 1 saturated heterocycles. The number of carbonyl (C=O) groups is 1. The molecule has 0 aromatic carbocycles. The molecule has 136 valence electrons. The third-order valence-corrected chi connectivity index (χ3v) is 3.43. The third-order valence-electron chi connectivity index (χ3n) is 3.43. The molecule has 2 heterocycles. The smallest absolute Gasteiger partial charge is 0.356 e. The van der Waals surface area contributed by atoms with E-state index in [1.165, 1.54) is 7.05 Å². The van der Waals surface area contributed by atoms with E-state index in [2.05, 4.69) is 15.4 Å². The first-order valence-corrected chi connectivity index (χ1v) is 7.11. The Morgan fingerprint density at radius 3 is 2.62 bits per heavy atom. The number of carbonyl (C=O) groups excluding carboxylic acids is 1. The summed E-state index contributed by atoms with van der Waals surface area (Å²) in [5.41, 5.74) is 0.706. The lowest BCUT2D eigenvalue weighted by atomic mass is 10.3. The van der Waals surface area contributed by atoms with Gasteiger partial charge in [0.1, 0.15) is 6.54 Å². The number of anilines is 1. The van der Waals surface area contributed by atoms with Gasteiger partial charge in [0.05, 0.1) is 18.3 Å². The summed E-state index contributed by atoms with van der Waals surface area (Å²) in [6.45, 7) is 0.685.